The van der Waals surface area contributed by atoms with E-state index < -0.39 is 0 Å². The van der Waals surface area contributed by atoms with E-state index in [1.54, 1.807) is 10.9 Å². The number of rotatable bonds is 3. The Hall–Kier alpha value is -0.880. The Morgan fingerprint density at radius 1 is 1.50 bits per heavy atom. The number of hydrogen-bond donors (Lipinski definition) is 2. The van der Waals surface area contributed by atoms with Gasteiger partial charge in [-0.1, -0.05) is 17.7 Å². The molecular weight excluding hydrogens is 316 g/mol. The summed E-state index contributed by atoms with van der Waals surface area (Å²) in [5, 5.41) is 4.89. The smallest absolute Gasteiger partial charge is 0.0892 e. The highest BCUT2D eigenvalue weighted by molar-refractivity contribution is 9.10. The van der Waals surface area contributed by atoms with Gasteiger partial charge < -0.3 is 0 Å². The van der Waals surface area contributed by atoms with E-state index in [0.29, 0.717) is 5.02 Å². The van der Waals surface area contributed by atoms with Gasteiger partial charge in [0.25, 0.3) is 0 Å². The second-order valence-electron chi connectivity index (χ2n) is 4.10. The fourth-order valence-electron chi connectivity index (χ4n) is 1.98. The summed E-state index contributed by atoms with van der Waals surface area (Å²) in [7, 11) is 1.88. The molecule has 3 N–H and O–H groups in total. The average Bonchev–Trinajstić information content (AvgIpc) is 2.66. The van der Waals surface area contributed by atoms with Crippen molar-refractivity contribution in [1.29, 1.82) is 0 Å². The zero-order chi connectivity index (χ0) is 13.3. The predicted molar refractivity (Wildman–Crippen MR) is 76.3 cm³/mol. The monoisotopic (exact) mass is 328 g/mol. The Labute approximate surface area is 119 Å². The lowest BCUT2D eigenvalue weighted by Gasteiger charge is -2.19. The van der Waals surface area contributed by atoms with Gasteiger partial charge in [-0.25, -0.2) is 5.43 Å². The van der Waals surface area contributed by atoms with E-state index in [4.69, 9.17) is 17.4 Å². The van der Waals surface area contributed by atoms with Crippen LogP contribution in [-0.4, -0.2) is 9.78 Å². The summed E-state index contributed by atoms with van der Waals surface area (Å²) in [6, 6.07) is 5.60. The number of hydrazine groups is 1. The third-order valence-electron chi connectivity index (χ3n) is 2.93. The van der Waals surface area contributed by atoms with Gasteiger partial charge in [0.15, 0.2) is 0 Å². The lowest BCUT2D eigenvalue weighted by atomic mass is 9.99. The first kappa shape index (κ1) is 13.5. The van der Waals surface area contributed by atoms with Crippen molar-refractivity contribution in [2.75, 3.05) is 0 Å². The summed E-state index contributed by atoms with van der Waals surface area (Å²) in [4.78, 5) is 0. The molecule has 0 aliphatic carbocycles. The maximum absolute atomic E-state index is 6.06. The first-order valence-corrected chi connectivity index (χ1v) is 6.61. The molecule has 2 aromatic rings. The van der Waals surface area contributed by atoms with Crippen molar-refractivity contribution in [2.45, 2.75) is 13.0 Å². The van der Waals surface area contributed by atoms with Crippen LogP contribution in [0.15, 0.2) is 28.9 Å². The van der Waals surface area contributed by atoms with Crippen LogP contribution in [0.2, 0.25) is 5.02 Å². The number of hydrogen-bond acceptors (Lipinski definition) is 3. The highest BCUT2D eigenvalue weighted by atomic mass is 79.9. The molecule has 1 unspecified atom stereocenters. The average molecular weight is 330 g/mol. The van der Waals surface area contributed by atoms with Gasteiger partial charge in [-0.15, -0.1) is 0 Å². The third-order valence-corrected chi connectivity index (χ3v) is 3.78. The van der Waals surface area contributed by atoms with Gasteiger partial charge in [-0.2, -0.15) is 5.10 Å². The molecule has 18 heavy (non-hydrogen) atoms. The standard InChI is InChI=1S/C12H14BrClN4/c1-7-3-4-8(14)5-9(7)11(17-15)12-10(13)6-16-18(12)2/h3-6,11,17H,15H2,1-2H3. The molecule has 1 atom stereocenters. The quantitative estimate of drug-likeness (QED) is 0.672. The molecule has 0 saturated heterocycles. The highest BCUT2D eigenvalue weighted by Crippen LogP contribution is 2.30. The van der Waals surface area contributed by atoms with E-state index in [0.717, 1.165) is 21.3 Å². The van der Waals surface area contributed by atoms with Crippen LogP contribution < -0.4 is 11.3 Å². The van der Waals surface area contributed by atoms with Crippen LogP contribution >= 0.6 is 27.5 Å². The highest BCUT2D eigenvalue weighted by Gasteiger charge is 2.21. The minimum Gasteiger partial charge on any atom is -0.271 e. The van der Waals surface area contributed by atoms with Crippen LogP contribution in [-0.2, 0) is 7.05 Å². The van der Waals surface area contributed by atoms with E-state index in [2.05, 4.69) is 26.5 Å². The molecule has 0 amide bonds. The summed E-state index contributed by atoms with van der Waals surface area (Å²) in [5.41, 5.74) is 5.94. The molecule has 96 valence electrons. The maximum Gasteiger partial charge on any atom is 0.0892 e. The second-order valence-corrected chi connectivity index (χ2v) is 5.39. The van der Waals surface area contributed by atoms with E-state index in [1.807, 2.05) is 32.2 Å². The Morgan fingerprint density at radius 3 is 2.78 bits per heavy atom. The number of benzene rings is 1. The third kappa shape index (κ3) is 2.44. The molecule has 1 heterocycles. The summed E-state index contributed by atoms with van der Waals surface area (Å²) < 4.78 is 2.70. The van der Waals surface area contributed by atoms with Crippen LogP contribution in [0.3, 0.4) is 0 Å². The van der Waals surface area contributed by atoms with Crippen LogP contribution in [0.25, 0.3) is 0 Å². The second kappa shape index (κ2) is 5.40. The minimum atomic E-state index is -0.162. The van der Waals surface area contributed by atoms with Crippen molar-refractivity contribution < 1.29 is 0 Å². The predicted octanol–water partition coefficient (Wildman–Crippen LogP) is 2.70. The van der Waals surface area contributed by atoms with E-state index >= 15 is 0 Å². The van der Waals surface area contributed by atoms with Crippen molar-refractivity contribution in [2.24, 2.45) is 12.9 Å². The minimum absolute atomic E-state index is 0.162. The fraction of sp³-hybridized carbons (Fsp3) is 0.250. The topological polar surface area (TPSA) is 55.9 Å². The molecule has 6 heteroatoms. The molecule has 2 rings (SSSR count). The number of aromatic nitrogens is 2. The molecule has 4 nitrogen and oxygen atoms in total. The van der Waals surface area contributed by atoms with Crippen LogP contribution in [0.1, 0.15) is 22.9 Å². The van der Waals surface area contributed by atoms with E-state index in [9.17, 15) is 0 Å². The lowest BCUT2D eigenvalue weighted by Crippen LogP contribution is -2.31. The molecule has 0 aliphatic heterocycles. The summed E-state index contributed by atoms with van der Waals surface area (Å²) in [6.45, 7) is 2.03. The van der Waals surface area contributed by atoms with E-state index in [-0.39, 0.29) is 6.04 Å². The summed E-state index contributed by atoms with van der Waals surface area (Å²) in [6.07, 6.45) is 1.75. The molecule has 0 spiro atoms. The van der Waals surface area contributed by atoms with Gasteiger partial charge in [-0.05, 0) is 46.1 Å². The van der Waals surface area contributed by atoms with E-state index in [1.165, 1.54) is 0 Å². The van der Waals surface area contributed by atoms with Crippen LogP contribution in [0, 0.1) is 6.92 Å². The molecule has 0 radical (unpaired) electrons. The van der Waals surface area contributed by atoms with Gasteiger partial charge in [0.2, 0.25) is 0 Å². The Bertz CT molecular complexity index is 548. The first-order chi connectivity index (χ1) is 8.54. The van der Waals surface area contributed by atoms with Gasteiger partial charge in [-0.3, -0.25) is 10.5 Å². The van der Waals surface area contributed by atoms with Gasteiger partial charge >= 0.3 is 0 Å². The zero-order valence-electron chi connectivity index (χ0n) is 10.1. The van der Waals surface area contributed by atoms with Crippen molar-refractivity contribution in [3.05, 3.63) is 50.7 Å². The first-order valence-electron chi connectivity index (χ1n) is 5.44. The van der Waals surface area contributed by atoms with Crippen molar-refractivity contribution >= 4 is 27.5 Å². The van der Waals surface area contributed by atoms with Crippen molar-refractivity contribution in [1.82, 2.24) is 15.2 Å². The fourth-order valence-corrected chi connectivity index (χ4v) is 2.74. The molecule has 0 saturated carbocycles. The number of nitrogens with one attached hydrogen (secondary N) is 1. The van der Waals surface area contributed by atoms with Crippen molar-refractivity contribution in [3.8, 4) is 0 Å². The Morgan fingerprint density at radius 2 is 2.22 bits per heavy atom. The largest absolute Gasteiger partial charge is 0.271 e. The van der Waals surface area contributed by atoms with Gasteiger partial charge in [0, 0.05) is 12.1 Å². The van der Waals surface area contributed by atoms with Crippen molar-refractivity contribution in [3.63, 3.8) is 0 Å². The summed E-state index contributed by atoms with van der Waals surface area (Å²) >= 11 is 9.54. The van der Waals surface area contributed by atoms with Gasteiger partial charge in [0.1, 0.15) is 0 Å². The molecule has 0 aliphatic rings. The zero-order valence-corrected chi connectivity index (χ0v) is 12.5. The number of halogens is 2. The normalized spacial score (nSPS) is 12.7. The van der Waals surface area contributed by atoms with Crippen LogP contribution in [0.5, 0.6) is 0 Å². The molecule has 0 fully saturated rings. The van der Waals surface area contributed by atoms with Gasteiger partial charge in [0.05, 0.1) is 22.4 Å². The molecule has 1 aromatic carbocycles. The van der Waals surface area contributed by atoms with Crippen LogP contribution in [0.4, 0.5) is 0 Å². The maximum atomic E-state index is 6.06. The number of aryl methyl sites for hydroxylation is 2. The number of nitrogens with zero attached hydrogens (tertiary/aromatic N) is 2. The molecule has 1 aromatic heterocycles. The molecule has 0 bridgehead atoms. The summed E-state index contributed by atoms with van der Waals surface area (Å²) in [5.74, 6) is 5.70. The SMILES string of the molecule is Cc1ccc(Cl)cc1C(NN)c1c(Br)cnn1C. The Kier molecular flexibility index (Phi) is 4.07. The Balaban J connectivity index is 2.55. The lowest BCUT2D eigenvalue weighted by molar-refractivity contribution is 0.571. The molecular formula is C12H14BrClN4. The number of nitrogens with two attached hydrogens (primary N) is 1.